The van der Waals surface area contributed by atoms with Crippen molar-refractivity contribution in [3.63, 3.8) is 0 Å². The van der Waals surface area contributed by atoms with Crippen molar-refractivity contribution in [2.75, 3.05) is 20.3 Å². The van der Waals surface area contributed by atoms with Crippen LogP contribution in [0, 0.1) is 10.8 Å². The molecule has 0 radical (unpaired) electrons. The van der Waals surface area contributed by atoms with Gasteiger partial charge in [-0.2, -0.15) is 0 Å². The van der Waals surface area contributed by atoms with Crippen molar-refractivity contribution in [2.24, 2.45) is 10.8 Å². The molecular formula is C20H40O4. The van der Waals surface area contributed by atoms with Gasteiger partial charge in [-0.15, -0.1) is 0 Å². The van der Waals surface area contributed by atoms with Crippen LogP contribution in [0.3, 0.4) is 0 Å². The Balaban J connectivity index is 4.26. The molecule has 0 saturated carbocycles. The Morgan fingerprint density at radius 1 is 0.792 bits per heavy atom. The lowest BCUT2D eigenvalue weighted by Crippen LogP contribution is -2.34. The Bertz CT molecular complexity index is 389. The minimum absolute atomic E-state index is 0.0963. The predicted molar refractivity (Wildman–Crippen MR) is 99.2 cm³/mol. The second-order valence-electron chi connectivity index (χ2n) is 9.83. The second kappa shape index (κ2) is 8.66. The maximum Gasteiger partial charge on any atom is 0.311 e. The molecule has 0 spiro atoms. The van der Waals surface area contributed by atoms with Gasteiger partial charge in [0.15, 0.2) is 0 Å². The lowest BCUT2D eigenvalue weighted by atomic mass is 9.76. The van der Waals surface area contributed by atoms with Crippen LogP contribution < -0.4 is 0 Å². The van der Waals surface area contributed by atoms with E-state index in [1.165, 1.54) is 0 Å². The Kier molecular flexibility index (Phi) is 8.44. The minimum atomic E-state index is -0.467. The number of ether oxygens (including phenoxy) is 3. The van der Waals surface area contributed by atoms with Gasteiger partial charge in [-0.25, -0.2) is 0 Å². The number of carbonyl (C=O) groups excluding carboxylic acids is 1. The number of methoxy groups -OCH3 is 1. The molecule has 0 bridgehead atoms. The molecule has 0 N–H and O–H groups in total. The van der Waals surface area contributed by atoms with E-state index in [0.29, 0.717) is 19.6 Å². The van der Waals surface area contributed by atoms with Crippen molar-refractivity contribution in [2.45, 2.75) is 92.8 Å². The monoisotopic (exact) mass is 344 g/mol. The summed E-state index contributed by atoms with van der Waals surface area (Å²) >= 11 is 0. The summed E-state index contributed by atoms with van der Waals surface area (Å²) < 4.78 is 16.9. The number of rotatable bonds is 10. The van der Waals surface area contributed by atoms with Gasteiger partial charge in [0.2, 0.25) is 0 Å². The SMILES string of the molecule is COC(C)(C)CCOC(C)(C)CCOC(=O)C(C)(C)CC(C)(C)C. The zero-order valence-corrected chi connectivity index (χ0v) is 17.7. The zero-order valence-electron chi connectivity index (χ0n) is 17.7. The predicted octanol–water partition coefficient (Wildman–Crippen LogP) is 4.99. The van der Waals surface area contributed by atoms with E-state index in [1.807, 2.05) is 41.5 Å². The number of hydrogen-bond acceptors (Lipinski definition) is 4. The second-order valence-corrected chi connectivity index (χ2v) is 9.83. The van der Waals surface area contributed by atoms with Gasteiger partial charge < -0.3 is 14.2 Å². The molecule has 0 aromatic carbocycles. The first kappa shape index (κ1) is 23.4. The van der Waals surface area contributed by atoms with Gasteiger partial charge in [0.05, 0.1) is 29.8 Å². The van der Waals surface area contributed by atoms with Crippen LogP contribution in [0.4, 0.5) is 0 Å². The molecule has 144 valence electrons. The molecule has 0 rings (SSSR count). The van der Waals surface area contributed by atoms with Crippen LogP contribution in [0.5, 0.6) is 0 Å². The maximum atomic E-state index is 12.3. The molecule has 0 saturated heterocycles. The molecule has 0 aromatic heterocycles. The van der Waals surface area contributed by atoms with Gasteiger partial charge in [0.25, 0.3) is 0 Å². The van der Waals surface area contributed by atoms with E-state index in [0.717, 1.165) is 12.8 Å². The summed E-state index contributed by atoms with van der Waals surface area (Å²) in [5, 5.41) is 0. The number of carbonyl (C=O) groups is 1. The molecular weight excluding hydrogens is 304 g/mol. The lowest BCUT2D eigenvalue weighted by molar-refractivity contribution is -0.157. The van der Waals surface area contributed by atoms with E-state index in [2.05, 4.69) is 20.8 Å². The Hall–Kier alpha value is -0.610. The van der Waals surface area contributed by atoms with Gasteiger partial charge in [-0.3, -0.25) is 4.79 Å². The third-order valence-electron chi connectivity index (χ3n) is 4.21. The van der Waals surface area contributed by atoms with E-state index < -0.39 is 5.41 Å². The molecule has 0 atom stereocenters. The van der Waals surface area contributed by atoms with Crippen LogP contribution in [-0.2, 0) is 19.0 Å². The van der Waals surface area contributed by atoms with Crippen LogP contribution in [-0.4, -0.2) is 37.5 Å². The van der Waals surface area contributed by atoms with Crippen LogP contribution in [0.2, 0.25) is 0 Å². The summed E-state index contributed by atoms with van der Waals surface area (Å²) in [6, 6.07) is 0. The summed E-state index contributed by atoms with van der Waals surface area (Å²) in [5.41, 5.74) is -0.872. The molecule has 0 aliphatic heterocycles. The standard InChI is InChI=1S/C20H40O4/c1-17(2,3)15-18(4,5)16(21)23-13-11-20(8,9)24-14-12-19(6,7)22-10/h11-15H2,1-10H3. The van der Waals surface area contributed by atoms with Crippen molar-refractivity contribution < 1.29 is 19.0 Å². The third kappa shape index (κ3) is 10.3. The van der Waals surface area contributed by atoms with E-state index in [-0.39, 0.29) is 22.6 Å². The molecule has 4 nitrogen and oxygen atoms in total. The summed E-state index contributed by atoms with van der Waals surface area (Å²) in [6.07, 6.45) is 2.30. The first-order valence-corrected chi connectivity index (χ1v) is 8.97. The first-order valence-electron chi connectivity index (χ1n) is 8.97. The molecule has 0 aliphatic rings. The maximum absolute atomic E-state index is 12.3. The Morgan fingerprint density at radius 2 is 1.29 bits per heavy atom. The average molecular weight is 345 g/mol. The summed E-state index contributed by atoms with van der Waals surface area (Å²) in [4.78, 5) is 12.3. The van der Waals surface area contributed by atoms with Crippen LogP contribution in [0.15, 0.2) is 0 Å². The highest BCUT2D eigenvalue weighted by Crippen LogP contribution is 2.34. The normalized spacial score (nSPS) is 13.9. The van der Waals surface area contributed by atoms with Crippen molar-refractivity contribution in [3.8, 4) is 0 Å². The highest BCUT2D eigenvalue weighted by molar-refractivity contribution is 5.75. The van der Waals surface area contributed by atoms with Crippen molar-refractivity contribution >= 4 is 5.97 Å². The highest BCUT2D eigenvalue weighted by Gasteiger charge is 2.34. The fourth-order valence-corrected chi connectivity index (χ4v) is 2.73. The quantitative estimate of drug-likeness (QED) is 0.524. The van der Waals surface area contributed by atoms with Crippen molar-refractivity contribution in [3.05, 3.63) is 0 Å². The summed E-state index contributed by atoms with van der Waals surface area (Å²) in [6.45, 7) is 19.5. The van der Waals surface area contributed by atoms with E-state index >= 15 is 0 Å². The minimum Gasteiger partial charge on any atom is -0.465 e. The molecule has 0 heterocycles. The largest absolute Gasteiger partial charge is 0.465 e. The molecule has 0 fully saturated rings. The Morgan fingerprint density at radius 3 is 1.75 bits per heavy atom. The molecule has 0 amide bonds. The van der Waals surface area contributed by atoms with Gasteiger partial charge in [-0.05, 0) is 59.8 Å². The fourth-order valence-electron chi connectivity index (χ4n) is 2.73. The first-order chi connectivity index (χ1) is 10.6. The van der Waals surface area contributed by atoms with E-state index in [9.17, 15) is 4.79 Å². The Labute approximate surface area is 149 Å². The topological polar surface area (TPSA) is 44.8 Å². The third-order valence-corrected chi connectivity index (χ3v) is 4.21. The molecule has 24 heavy (non-hydrogen) atoms. The van der Waals surface area contributed by atoms with Crippen molar-refractivity contribution in [1.29, 1.82) is 0 Å². The van der Waals surface area contributed by atoms with Crippen LogP contribution in [0.1, 0.15) is 81.6 Å². The highest BCUT2D eigenvalue weighted by atomic mass is 16.5. The van der Waals surface area contributed by atoms with E-state index in [4.69, 9.17) is 14.2 Å². The van der Waals surface area contributed by atoms with E-state index in [1.54, 1.807) is 7.11 Å². The summed E-state index contributed by atoms with van der Waals surface area (Å²) in [7, 11) is 1.71. The molecule has 0 aromatic rings. The molecule has 0 unspecified atom stereocenters. The van der Waals surface area contributed by atoms with Gasteiger partial charge in [-0.1, -0.05) is 20.8 Å². The molecule has 4 heteroatoms. The zero-order chi connectivity index (χ0) is 19.2. The fraction of sp³-hybridized carbons (Fsp3) is 0.950. The molecule has 0 aliphatic carbocycles. The van der Waals surface area contributed by atoms with Crippen LogP contribution in [0.25, 0.3) is 0 Å². The van der Waals surface area contributed by atoms with Gasteiger partial charge in [0, 0.05) is 13.5 Å². The number of esters is 1. The van der Waals surface area contributed by atoms with Crippen molar-refractivity contribution in [1.82, 2.24) is 0 Å². The average Bonchev–Trinajstić information content (AvgIpc) is 2.35. The van der Waals surface area contributed by atoms with Crippen LogP contribution >= 0.6 is 0 Å². The smallest absolute Gasteiger partial charge is 0.311 e. The summed E-state index contributed by atoms with van der Waals surface area (Å²) in [5.74, 6) is -0.131. The lowest BCUT2D eigenvalue weighted by Gasteiger charge is -2.31. The van der Waals surface area contributed by atoms with Gasteiger partial charge >= 0.3 is 5.97 Å². The van der Waals surface area contributed by atoms with Gasteiger partial charge in [0.1, 0.15) is 0 Å². The number of hydrogen-bond donors (Lipinski definition) is 0.